The Labute approximate surface area is 161 Å². The van der Waals surface area contributed by atoms with Crippen LogP contribution < -0.4 is 10.5 Å². The summed E-state index contributed by atoms with van der Waals surface area (Å²) in [6.07, 6.45) is 1.73. The molecule has 1 amide bonds. The van der Waals surface area contributed by atoms with Gasteiger partial charge in [0.25, 0.3) is 5.91 Å². The van der Waals surface area contributed by atoms with Gasteiger partial charge in [0.15, 0.2) is 0 Å². The lowest BCUT2D eigenvalue weighted by Crippen LogP contribution is -2.42. The van der Waals surface area contributed by atoms with Crippen LogP contribution in [0.5, 0.6) is 5.75 Å². The van der Waals surface area contributed by atoms with Crippen molar-refractivity contribution in [2.24, 2.45) is 11.7 Å². The van der Waals surface area contributed by atoms with E-state index >= 15 is 0 Å². The molecule has 148 valence electrons. The number of rotatable bonds is 5. The number of nitrogens with two attached hydrogens (primary N) is 1. The molecule has 7 nitrogen and oxygen atoms in total. The van der Waals surface area contributed by atoms with Crippen LogP contribution in [0.4, 0.5) is 0 Å². The normalized spacial score (nSPS) is 16.9. The molecule has 1 aliphatic heterocycles. The van der Waals surface area contributed by atoms with Gasteiger partial charge in [-0.25, -0.2) is 12.7 Å². The minimum atomic E-state index is -3.71. The largest absolute Gasteiger partial charge is 0.495 e. The third-order valence-electron chi connectivity index (χ3n) is 4.74. The molecule has 1 heterocycles. The van der Waals surface area contributed by atoms with Crippen molar-refractivity contribution in [2.45, 2.75) is 30.7 Å². The first kappa shape index (κ1) is 22.7. The summed E-state index contributed by atoms with van der Waals surface area (Å²) in [7, 11) is 0.595. The standard InChI is InChI=1S/C17H27N3O4S.ClH/c1-12(18)13-7-9-20(10-8-13)17(21)14-5-6-15(24-4)16(11-14)25(22,23)19(2)3;/h5-6,11-13H,7-10,18H2,1-4H3;1H. The summed E-state index contributed by atoms with van der Waals surface area (Å²) in [6, 6.07) is 4.65. The van der Waals surface area contributed by atoms with E-state index in [1.165, 1.54) is 33.3 Å². The van der Waals surface area contributed by atoms with Crippen LogP contribution in [-0.2, 0) is 10.0 Å². The molecule has 0 aliphatic carbocycles. The van der Waals surface area contributed by atoms with Crippen LogP contribution in [0.1, 0.15) is 30.1 Å². The fourth-order valence-corrected chi connectivity index (χ4v) is 4.09. The SMILES string of the molecule is COc1ccc(C(=O)N2CCC(C(C)N)CC2)cc1S(=O)(=O)N(C)C.Cl. The molecule has 1 aromatic carbocycles. The van der Waals surface area contributed by atoms with Gasteiger partial charge < -0.3 is 15.4 Å². The number of hydrogen-bond acceptors (Lipinski definition) is 5. The Morgan fingerprint density at radius 3 is 2.35 bits per heavy atom. The van der Waals surface area contributed by atoms with Gasteiger partial charge in [0.2, 0.25) is 10.0 Å². The third-order valence-corrected chi connectivity index (χ3v) is 6.58. The molecule has 26 heavy (non-hydrogen) atoms. The molecular weight excluding hydrogens is 378 g/mol. The summed E-state index contributed by atoms with van der Waals surface area (Å²) in [6.45, 7) is 3.25. The number of carbonyl (C=O) groups excluding carboxylic acids is 1. The predicted molar refractivity (Wildman–Crippen MR) is 103 cm³/mol. The molecular formula is C17H28ClN3O4S. The van der Waals surface area contributed by atoms with Crippen molar-refractivity contribution >= 4 is 28.3 Å². The maximum Gasteiger partial charge on any atom is 0.253 e. The second-order valence-corrected chi connectivity index (χ2v) is 8.76. The fourth-order valence-electron chi connectivity index (χ4n) is 3.02. The number of ether oxygens (including phenoxy) is 1. The summed E-state index contributed by atoms with van der Waals surface area (Å²) in [5.74, 6) is 0.478. The van der Waals surface area contributed by atoms with Crippen molar-refractivity contribution in [3.8, 4) is 5.75 Å². The topological polar surface area (TPSA) is 92.9 Å². The lowest BCUT2D eigenvalue weighted by atomic mass is 9.90. The Kier molecular flexibility index (Phi) is 7.88. The summed E-state index contributed by atoms with van der Waals surface area (Å²) < 4.78 is 31.2. The van der Waals surface area contributed by atoms with Crippen molar-refractivity contribution in [3.05, 3.63) is 23.8 Å². The highest BCUT2D eigenvalue weighted by atomic mass is 35.5. The molecule has 1 atom stereocenters. The fraction of sp³-hybridized carbons (Fsp3) is 0.588. The monoisotopic (exact) mass is 405 g/mol. The first-order chi connectivity index (χ1) is 11.7. The smallest absolute Gasteiger partial charge is 0.253 e. The zero-order valence-corrected chi connectivity index (χ0v) is 17.3. The highest BCUT2D eigenvalue weighted by molar-refractivity contribution is 7.89. The Morgan fingerprint density at radius 1 is 1.31 bits per heavy atom. The molecule has 1 fully saturated rings. The van der Waals surface area contributed by atoms with E-state index in [-0.39, 0.29) is 35.0 Å². The summed E-state index contributed by atoms with van der Waals surface area (Å²) in [4.78, 5) is 14.5. The Balaban J connectivity index is 0.00000338. The number of halogens is 1. The number of hydrogen-bond donors (Lipinski definition) is 1. The number of carbonyl (C=O) groups is 1. The number of benzene rings is 1. The van der Waals surface area contributed by atoms with Crippen LogP contribution in [0.25, 0.3) is 0 Å². The molecule has 2 N–H and O–H groups in total. The van der Waals surface area contributed by atoms with Crippen LogP contribution in [0.2, 0.25) is 0 Å². The van der Waals surface area contributed by atoms with E-state index in [0.717, 1.165) is 17.1 Å². The average Bonchev–Trinajstić information content (AvgIpc) is 2.60. The molecule has 0 radical (unpaired) electrons. The Bertz CT molecular complexity index is 730. The predicted octanol–water partition coefficient (Wildman–Crippen LogP) is 1.57. The molecule has 0 spiro atoms. The van der Waals surface area contributed by atoms with Crippen molar-refractivity contribution in [2.75, 3.05) is 34.3 Å². The molecule has 2 rings (SSSR count). The van der Waals surface area contributed by atoms with E-state index in [9.17, 15) is 13.2 Å². The van der Waals surface area contributed by atoms with Gasteiger partial charge in [0, 0.05) is 38.8 Å². The van der Waals surface area contributed by atoms with Gasteiger partial charge >= 0.3 is 0 Å². The number of nitrogens with zero attached hydrogens (tertiary/aromatic N) is 2. The summed E-state index contributed by atoms with van der Waals surface area (Å²) in [5.41, 5.74) is 6.29. The minimum Gasteiger partial charge on any atom is -0.495 e. The first-order valence-electron chi connectivity index (χ1n) is 8.34. The van der Waals surface area contributed by atoms with Crippen molar-refractivity contribution in [1.29, 1.82) is 0 Å². The molecule has 1 saturated heterocycles. The van der Waals surface area contributed by atoms with Gasteiger partial charge in [-0.1, -0.05) is 0 Å². The Hall–Kier alpha value is -1.35. The zero-order valence-electron chi connectivity index (χ0n) is 15.6. The molecule has 0 saturated carbocycles. The van der Waals surface area contributed by atoms with Crippen LogP contribution in [0.15, 0.2) is 23.1 Å². The van der Waals surface area contributed by atoms with Gasteiger partial charge in [0.05, 0.1) is 7.11 Å². The number of sulfonamides is 1. The van der Waals surface area contributed by atoms with E-state index in [1.807, 2.05) is 6.92 Å². The molecule has 0 bridgehead atoms. The maximum atomic E-state index is 12.8. The Morgan fingerprint density at radius 2 is 1.88 bits per heavy atom. The van der Waals surface area contributed by atoms with Crippen LogP contribution in [-0.4, -0.2) is 63.9 Å². The van der Waals surface area contributed by atoms with Crippen LogP contribution in [0, 0.1) is 5.92 Å². The second kappa shape index (κ2) is 9.03. The van der Waals surface area contributed by atoms with Crippen molar-refractivity contribution in [1.82, 2.24) is 9.21 Å². The first-order valence-corrected chi connectivity index (χ1v) is 9.78. The zero-order chi connectivity index (χ0) is 18.8. The molecule has 1 aliphatic rings. The minimum absolute atomic E-state index is 0. The molecule has 9 heteroatoms. The number of likely N-dealkylation sites (tertiary alicyclic amines) is 1. The lowest BCUT2D eigenvalue weighted by molar-refractivity contribution is 0.0680. The van der Waals surface area contributed by atoms with E-state index in [1.54, 1.807) is 11.0 Å². The lowest BCUT2D eigenvalue weighted by Gasteiger charge is -2.33. The van der Waals surface area contributed by atoms with E-state index < -0.39 is 10.0 Å². The summed E-state index contributed by atoms with van der Waals surface area (Å²) in [5, 5.41) is 0. The number of methoxy groups -OCH3 is 1. The van der Waals surface area contributed by atoms with Crippen molar-refractivity contribution in [3.63, 3.8) is 0 Å². The van der Waals surface area contributed by atoms with E-state index in [2.05, 4.69) is 0 Å². The van der Waals surface area contributed by atoms with Gasteiger partial charge in [-0.05, 0) is 43.9 Å². The number of piperidine rings is 1. The quantitative estimate of drug-likeness (QED) is 0.802. The van der Waals surface area contributed by atoms with Gasteiger partial charge in [-0.15, -0.1) is 12.4 Å². The summed E-state index contributed by atoms with van der Waals surface area (Å²) >= 11 is 0. The molecule has 1 aromatic rings. The van der Waals surface area contributed by atoms with Gasteiger partial charge in [-0.2, -0.15) is 0 Å². The third kappa shape index (κ3) is 4.68. The maximum absolute atomic E-state index is 12.8. The molecule has 1 unspecified atom stereocenters. The van der Waals surface area contributed by atoms with Crippen molar-refractivity contribution < 1.29 is 17.9 Å². The number of amides is 1. The van der Waals surface area contributed by atoms with E-state index in [0.29, 0.717) is 24.6 Å². The highest BCUT2D eigenvalue weighted by Crippen LogP contribution is 2.28. The highest BCUT2D eigenvalue weighted by Gasteiger charge is 2.28. The van der Waals surface area contributed by atoms with Gasteiger partial charge in [0.1, 0.15) is 10.6 Å². The second-order valence-electron chi connectivity index (χ2n) is 6.64. The van der Waals surface area contributed by atoms with Gasteiger partial charge in [-0.3, -0.25) is 4.79 Å². The van der Waals surface area contributed by atoms with E-state index in [4.69, 9.17) is 10.5 Å². The molecule has 0 aromatic heterocycles. The van der Waals surface area contributed by atoms with Crippen LogP contribution in [0.3, 0.4) is 0 Å². The average molecular weight is 406 g/mol. The van der Waals surface area contributed by atoms with Crippen LogP contribution >= 0.6 is 12.4 Å².